The van der Waals surface area contributed by atoms with Crippen LogP contribution in [-0.2, 0) is 11.3 Å². The third-order valence-corrected chi connectivity index (χ3v) is 4.87. The molecule has 2 heterocycles. The number of anilines is 1. The van der Waals surface area contributed by atoms with Crippen LogP contribution in [0.3, 0.4) is 0 Å². The molecule has 0 spiro atoms. The Morgan fingerprint density at radius 1 is 1.14 bits per heavy atom. The Labute approximate surface area is 173 Å². The van der Waals surface area contributed by atoms with Gasteiger partial charge in [0.25, 0.3) is 0 Å². The maximum Gasteiger partial charge on any atom is 0.226 e. The van der Waals surface area contributed by atoms with E-state index in [4.69, 9.17) is 12.2 Å². The average Bonchev–Trinajstić information content (AvgIpc) is 3.38. The van der Waals surface area contributed by atoms with Gasteiger partial charge in [-0.3, -0.25) is 14.5 Å². The highest BCUT2D eigenvalue weighted by atomic mass is 32.1. The van der Waals surface area contributed by atoms with Crippen molar-refractivity contribution in [3.8, 4) is 17.1 Å². The van der Waals surface area contributed by atoms with Gasteiger partial charge in [-0.05, 0) is 37.3 Å². The summed E-state index contributed by atoms with van der Waals surface area (Å²) in [5.74, 6) is 0.613. The average molecular weight is 404 g/mol. The van der Waals surface area contributed by atoms with E-state index in [1.54, 1.807) is 10.9 Å². The predicted molar refractivity (Wildman–Crippen MR) is 114 cm³/mol. The van der Waals surface area contributed by atoms with Crippen LogP contribution in [0.5, 0.6) is 0 Å². The molecule has 0 aliphatic heterocycles. The molecule has 0 saturated heterocycles. The summed E-state index contributed by atoms with van der Waals surface area (Å²) in [5, 5.41) is 14.4. The third kappa shape index (κ3) is 4.17. The lowest BCUT2D eigenvalue weighted by Gasteiger charge is -2.12. The van der Waals surface area contributed by atoms with Crippen LogP contribution >= 0.6 is 12.2 Å². The standard InChI is InChI=1S/C21H20N6OS/c1-15-7-9-16(10-8-15)20-24-25-21(29)26(20)14-11-19(28)23-17-5-2-3-6-18(17)27-13-4-12-22-27/h2-10,12-13H,11,14H2,1H3,(H,23,28)(H,25,29). The molecule has 0 radical (unpaired) electrons. The number of para-hydroxylation sites is 2. The molecule has 8 heteroatoms. The molecule has 2 aromatic carbocycles. The van der Waals surface area contributed by atoms with Gasteiger partial charge in [-0.2, -0.15) is 10.2 Å². The fraction of sp³-hybridized carbons (Fsp3) is 0.143. The van der Waals surface area contributed by atoms with Gasteiger partial charge in [0.2, 0.25) is 5.91 Å². The first-order valence-corrected chi connectivity index (χ1v) is 9.64. The van der Waals surface area contributed by atoms with Crippen molar-refractivity contribution in [3.05, 3.63) is 77.3 Å². The summed E-state index contributed by atoms with van der Waals surface area (Å²) in [6.07, 6.45) is 3.80. The highest BCUT2D eigenvalue weighted by Gasteiger charge is 2.12. The number of hydrogen-bond donors (Lipinski definition) is 2. The summed E-state index contributed by atoms with van der Waals surface area (Å²) in [6, 6.07) is 17.4. The summed E-state index contributed by atoms with van der Waals surface area (Å²) >= 11 is 5.36. The lowest BCUT2D eigenvalue weighted by Crippen LogP contribution is -2.16. The molecule has 0 aliphatic carbocycles. The first-order valence-electron chi connectivity index (χ1n) is 9.23. The summed E-state index contributed by atoms with van der Waals surface area (Å²) in [4.78, 5) is 12.6. The molecule has 0 atom stereocenters. The quantitative estimate of drug-likeness (QED) is 0.474. The summed E-state index contributed by atoms with van der Waals surface area (Å²) in [6.45, 7) is 2.46. The number of nitrogens with zero attached hydrogens (tertiary/aromatic N) is 4. The summed E-state index contributed by atoms with van der Waals surface area (Å²) in [5.41, 5.74) is 3.64. The molecule has 0 unspecified atom stereocenters. The van der Waals surface area contributed by atoms with E-state index in [2.05, 4.69) is 20.6 Å². The largest absolute Gasteiger partial charge is 0.324 e. The fourth-order valence-electron chi connectivity index (χ4n) is 3.06. The minimum atomic E-state index is -0.109. The van der Waals surface area contributed by atoms with E-state index in [9.17, 15) is 4.79 Å². The van der Waals surface area contributed by atoms with E-state index < -0.39 is 0 Å². The molecule has 0 bridgehead atoms. The normalized spacial score (nSPS) is 10.8. The number of amides is 1. The number of H-pyrrole nitrogens is 1. The second-order valence-electron chi connectivity index (χ2n) is 6.64. The molecule has 4 aromatic rings. The number of rotatable bonds is 6. The molecule has 7 nitrogen and oxygen atoms in total. The van der Waals surface area contributed by atoms with Crippen LogP contribution in [0, 0.1) is 11.7 Å². The first kappa shape index (κ1) is 18.8. The topological polar surface area (TPSA) is 80.5 Å². The Bertz CT molecular complexity index is 1170. The molecular weight excluding hydrogens is 384 g/mol. The molecule has 29 heavy (non-hydrogen) atoms. The number of aromatic amines is 1. The highest BCUT2D eigenvalue weighted by molar-refractivity contribution is 7.71. The lowest BCUT2D eigenvalue weighted by molar-refractivity contribution is -0.116. The summed E-state index contributed by atoms with van der Waals surface area (Å²) in [7, 11) is 0. The van der Waals surface area contributed by atoms with Crippen LogP contribution in [-0.4, -0.2) is 30.5 Å². The minimum absolute atomic E-state index is 0.109. The van der Waals surface area contributed by atoms with Crippen LogP contribution in [0.2, 0.25) is 0 Å². The van der Waals surface area contributed by atoms with Gasteiger partial charge in [0.05, 0.1) is 11.4 Å². The lowest BCUT2D eigenvalue weighted by atomic mass is 10.1. The molecule has 4 rings (SSSR count). The van der Waals surface area contributed by atoms with Crippen molar-refractivity contribution in [2.75, 3.05) is 5.32 Å². The van der Waals surface area contributed by atoms with Gasteiger partial charge in [0.15, 0.2) is 10.6 Å². The number of hydrogen-bond acceptors (Lipinski definition) is 4. The van der Waals surface area contributed by atoms with Crippen molar-refractivity contribution in [1.29, 1.82) is 0 Å². The second kappa shape index (κ2) is 8.24. The molecule has 0 fully saturated rings. The van der Waals surface area contributed by atoms with Crippen molar-refractivity contribution in [3.63, 3.8) is 0 Å². The minimum Gasteiger partial charge on any atom is -0.324 e. The van der Waals surface area contributed by atoms with Gasteiger partial charge in [0.1, 0.15) is 0 Å². The maximum absolute atomic E-state index is 12.6. The zero-order valence-corrected chi connectivity index (χ0v) is 16.7. The maximum atomic E-state index is 12.6. The number of aromatic nitrogens is 5. The highest BCUT2D eigenvalue weighted by Crippen LogP contribution is 2.20. The molecule has 146 valence electrons. The monoisotopic (exact) mass is 404 g/mol. The molecule has 1 amide bonds. The van der Waals surface area contributed by atoms with Gasteiger partial charge < -0.3 is 5.32 Å². The van der Waals surface area contributed by atoms with Crippen molar-refractivity contribution < 1.29 is 4.79 Å². The molecule has 0 saturated carbocycles. The molecule has 2 aromatic heterocycles. The Morgan fingerprint density at radius 2 is 1.93 bits per heavy atom. The van der Waals surface area contributed by atoms with Crippen LogP contribution in [0.4, 0.5) is 5.69 Å². The summed E-state index contributed by atoms with van der Waals surface area (Å²) < 4.78 is 4.06. The predicted octanol–water partition coefficient (Wildman–Crippen LogP) is 4.13. The van der Waals surface area contributed by atoms with Crippen molar-refractivity contribution in [1.82, 2.24) is 24.5 Å². The van der Waals surface area contributed by atoms with Crippen LogP contribution < -0.4 is 5.32 Å². The molecular formula is C21H20N6OS. The van der Waals surface area contributed by atoms with E-state index in [0.717, 1.165) is 17.1 Å². The van der Waals surface area contributed by atoms with Crippen molar-refractivity contribution in [2.45, 2.75) is 19.9 Å². The van der Waals surface area contributed by atoms with Gasteiger partial charge in [-0.15, -0.1) is 0 Å². The van der Waals surface area contributed by atoms with Crippen LogP contribution in [0.15, 0.2) is 67.0 Å². The van der Waals surface area contributed by atoms with Crippen LogP contribution in [0.25, 0.3) is 17.1 Å². The van der Waals surface area contributed by atoms with E-state index in [-0.39, 0.29) is 12.3 Å². The number of benzene rings is 2. The van der Waals surface area contributed by atoms with E-state index in [1.807, 2.05) is 72.3 Å². The van der Waals surface area contributed by atoms with Gasteiger partial charge in [-0.25, -0.2) is 4.68 Å². The Balaban J connectivity index is 1.49. The number of aryl methyl sites for hydroxylation is 1. The molecule has 2 N–H and O–H groups in total. The SMILES string of the molecule is Cc1ccc(-c2n[nH]c(=S)n2CCC(=O)Nc2ccccc2-n2cccn2)cc1. The zero-order chi connectivity index (χ0) is 20.2. The van der Waals surface area contributed by atoms with E-state index in [0.29, 0.717) is 17.0 Å². The van der Waals surface area contributed by atoms with Gasteiger partial charge in [0, 0.05) is 30.9 Å². The van der Waals surface area contributed by atoms with E-state index in [1.165, 1.54) is 5.56 Å². The van der Waals surface area contributed by atoms with E-state index >= 15 is 0 Å². The Kier molecular flexibility index (Phi) is 5.35. The molecule has 0 aliphatic rings. The number of carbonyl (C=O) groups excluding carboxylic acids is 1. The first-order chi connectivity index (χ1) is 14.1. The van der Waals surface area contributed by atoms with Crippen LogP contribution in [0.1, 0.15) is 12.0 Å². The Morgan fingerprint density at radius 3 is 2.69 bits per heavy atom. The Hall–Kier alpha value is -3.52. The zero-order valence-electron chi connectivity index (χ0n) is 15.9. The van der Waals surface area contributed by atoms with Crippen molar-refractivity contribution in [2.24, 2.45) is 0 Å². The van der Waals surface area contributed by atoms with Gasteiger partial charge >= 0.3 is 0 Å². The number of nitrogens with one attached hydrogen (secondary N) is 2. The number of carbonyl (C=O) groups is 1. The second-order valence-corrected chi connectivity index (χ2v) is 7.02. The third-order valence-electron chi connectivity index (χ3n) is 4.56. The van der Waals surface area contributed by atoms with Crippen molar-refractivity contribution >= 4 is 23.8 Å². The fourth-order valence-corrected chi connectivity index (χ4v) is 3.29. The van der Waals surface area contributed by atoms with Gasteiger partial charge in [-0.1, -0.05) is 42.0 Å². The smallest absolute Gasteiger partial charge is 0.226 e.